The maximum absolute atomic E-state index is 13.0. The van der Waals surface area contributed by atoms with Gasteiger partial charge in [-0.15, -0.1) is 0 Å². The number of rotatable bonds is 4. The summed E-state index contributed by atoms with van der Waals surface area (Å²) in [5.41, 5.74) is 2.46. The molecule has 1 N–H and O–H groups in total. The predicted molar refractivity (Wildman–Crippen MR) is 70.7 cm³/mol. The Morgan fingerprint density at radius 1 is 1.30 bits per heavy atom. The number of hydrogen-bond donors (Lipinski definition) is 1. The summed E-state index contributed by atoms with van der Waals surface area (Å²) in [6.45, 7) is 3.08. The van der Waals surface area contributed by atoms with Crippen molar-refractivity contribution in [2.45, 2.75) is 6.43 Å². The third-order valence-corrected chi connectivity index (χ3v) is 3.26. The number of benzene rings is 1. The number of nitrogens with one attached hydrogen (secondary N) is 1. The third kappa shape index (κ3) is 3.40. The lowest BCUT2D eigenvalue weighted by Gasteiger charge is -2.33. The van der Waals surface area contributed by atoms with Crippen LogP contribution in [-0.2, 0) is 0 Å². The highest BCUT2D eigenvalue weighted by atomic mass is 19.3. The van der Waals surface area contributed by atoms with Gasteiger partial charge in [-0.1, -0.05) is 0 Å². The van der Waals surface area contributed by atoms with E-state index in [0.717, 1.165) is 19.2 Å². The summed E-state index contributed by atoms with van der Waals surface area (Å²) in [5, 5.41) is 12.5. The quantitative estimate of drug-likeness (QED) is 0.678. The topological polar surface area (TPSA) is 61.6 Å². The first-order chi connectivity index (χ1) is 9.47. The minimum absolute atomic E-state index is 0.218. The van der Waals surface area contributed by atoms with Crippen LogP contribution in [0.4, 0.5) is 20.2 Å². The highest BCUT2D eigenvalue weighted by molar-refractivity contribution is 5.56. The zero-order chi connectivity index (χ0) is 14.7. The fraction of sp³-hybridized carbons (Fsp3) is 0.500. The molecule has 1 aliphatic heterocycles. The largest absolute Gasteiger partial charge is 0.318 e. The summed E-state index contributed by atoms with van der Waals surface area (Å²) in [7, 11) is 1.99. The van der Waals surface area contributed by atoms with Gasteiger partial charge in [0.15, 0.2) is 0 Å². The van der Waals surface area contributed by atoms with Crippen LogP contribution in [0.5, 0.6) is 0 Å². The van der Waals surface area contributed by atoms with Crippen LogP contribution in [0.2, 0.25) is 0 Å². The van der Waals surface area contributed by atoms with Gasteiger partial charge in [0, 0.05) is 43.9 Å². The van der Waals surface area contributed by atoms with Gasteiger partial charge >= 0.3 is 0 Å². The van der Waals surface area contributed by atoms with E-state index in [1.807, 2.05) is 12.1 Å². The van der Waals surface area contributed by atoms with Crippen molar-refractivity contribution < 1.29 is 13.7 Å². The van der Waals surface area contributed by atoms with Crippen LogP contribution in [-0.4, -0.2) is 48.1 Å². The average molecular weight is 286 g/mol. The van der Waals surface area contributed by atoms with Crippen molar-refractivity contribution in [1.29, 1.82) is 0 Å². The molecule has 1 heterocycles. The maximum atomic E-state index is 13.0. The summed E-state index contributed by atoms with van der Waals surface area (Å²) < 4.78 is 26.0. The van der Waals surface area contributed by atoms with Gasteiger partial charge in [0.25, 0.3) is 12.1 Å². The van der Waals surface area contributed by atoms with E-state index in [0.29, 0.717) is 13.1 Å². The predicted octanol–water partition coefficient (Wildman–Crippen LogP) is 2.11. The number of nitro groups is 1. The number of hydrogen-bond acceptors (Lipinski definition) is 5. The van der Waals surface area contributed by atoms with Crippen LogP contribution >= 0.6 is 0 Å². The lowest BCUT2D eigenvalue weighted by atomic mass is 10.1. The maximum Gasteiger partial charge on any atom is 0.270 e. The molecule has 1 aliphatic rings. The van der Waals surface area contributed by atoms with Crippen LogP contribution in [0.1, 0.15) is 12.0 Å². The molecule has 1 saturated heterocycles. The molecule has 0 amide bonds. The molecule has 0 saturated carbocycles. The van der Waals surface area contributed by atoms with E-state index in [1.165, 1.54) is 12.1 Å². The summed E-state index contributed by atoms with van der Waals surface area (Å²) in [6, 6.07) is 3.48. The first kappa shape index (κ1) is 14.6. The Balaban J connectivity index is 2.16. The first-order valence-electron chi connectivity index (χ1n) is 6.24. The molecule has 8 heteroatoms. The highest BCUT2D eigenvalue weighted by Gasteiger charge is 2.20. The second kappa shape index (κ2) is 6.10. The standard InChI is InChI=1S/C12H16F2N4O2/c1-16-4-6-17(7-5-16)15-11-3-2-9(18(19)20)8-10(11)12(13)14/h2-3,8,12,15H,4-7H2,1H3. The fourth-order valence-corrected chi connectivity index (χ4v) is 2.03. The van der Waals surface area contributed by atoms with Gasteiger partial charge in [-0.05, 0) is 13.1 Å². The smallest absolute Gasteiger partial charge is 0.270 e. The van der Waals surface area contributed by atoms with E-state index in [9.17, 15) is 18.9 Å². The van der Waals surface area contributed by atoms with Crippen LogP contribution in [0.25, 0.3) is 0 Å². The Bertz CT molecular complexity index is 490. The molecule has 1 aromatic rings. The van der Waals surface area contributed by atoms with E-state index in [1.54, 1.807) is 0 Å². The van der Waals surface area contributed by atoms with Gasteiger partial charge in [-0.3, -0.25) is 10.1 Å². The Kier molecular flexibility index (Phi) is 4.46. The summed E-state index contributed by atoms with van der Waals surface area (Å²) in [5.74, 6) is 0. The molecular formula is C12H16F2N4O2. The number of halogens is 2. The van der Waals surface area contributed by atoms with E-state index in [4.69, 9.17) is 0 Å². The number of hydrazine groups is 1. The Hall–Kier alpha value is -1.80. The molecule has 1 fully saturated rings. The third-order valence-electron chi connectivity index (χ3n) is 3.26. The van der Waals surface area contributed by atoms with Crippen LogP contribution in [0.15, 0.2) is 18.2 Å². The number of nitro benzene ring substituents is 1. The number of non-ortho nitro benzene ring substituents is 1. The minimum atomic E-state index is -2.76. The molecule has 6 nitrogen and oxygen atoms in total. The van der Waals surface area contributed by atoms with Gasteiger partial charge in [0.2, 0.25) is 0 Å². The molecular weight excluding hydrogens is 270 g/mol. The van der Waals surface area contributed by atoms with Crippen molar-refractivity contribution in [1.82, 2.24) is 9.91 Å². The van der Waals surface area contributed by atoms with Gasteiger partial charge in [-0.2, -0.15) is 0 Å². The van der Waals surface area contributed by atoms with Gasteiger partial charge in [-0.25, -0.2) is 13.8 Å². The van der Waals surface area contributed by atoms with E-state index >= 15 is 0 Å². The molecule has 1 aromatic carbocycles. The van der Waals surface area contributed by atoms with Crippen LogP contribution < -0.4 is 5.43 Å². The molecule has 110 valence electrons. The second-order valence-electron chi connectivity index (χ2n) is 4.73. The van der Waals surface area contributed by atoms with Crippen molar-refractivity contribution in [3.8, 4) is 0 Å². The fourth-order valence-electron chi connectivity index (χ4n) is 2.03. The molecule has 0 aliphatic carbocycles. The molecule has 0 bridgehead atoms. The lowest BCUT2D eigenvalue weighted by molar-refractivity contribution is -0.385. The molecule has 0 atom stereocenters. The van der Waals surface area contributed by atoms with E-state index in [-0.39, 0.29) is 16.9 Å². The van der Waals surface area contributed by atoms with Gasteiger partial charge < -0.3 is 10.3 Å². The zero-order valence-corrected chi connectivity index (χ0v) is 11.1. The number of alkyl halides is 2. The SMILES string of the molecule is CN1CCN(Nc2ccc([N+](=O)[O-])cc2C(F)F)CC1. The van der Waals surface area contributed by atoms with Crippen molar-refractivity contribution in [3.63, 3.8) is 0 Å². The molecule has 0 radical (unpaired) electrons. The number of nitrogens with zero attached hydrogens (tertiary/aromatic N) is 3. The molecule has 20 heavy (non-hydrogen) atoms. The summed E-state index contributed by atoms with van der Waals surface area (Å²) >= 11 is 0. The second-order valence-corrected chi connectivity index (χ2v) is 4.73. The van der Waals surface area contributed by atoms with E-state index < -0.39 is 11.3 Å². The van der Waals surface area contributed by atoms with Crippen molar-refractivity contribution in [3.05, 3.63) is 33.9 Å². The van der Waals surface area contributed by atoms with Crippen molar-refractivity contribution >= 4 is 11.4 Å². The number of anilines is 1. The zero-order valence-electron chi connectivity index (χ0n) is 11.1. The van der Waals surface area contributed by atoms with E-state index in [2.05, 4.69) is 10.3 Å². The van der Waals surface area contributed by atoms with Gasteiger partial charge in [0.1, 0.15) is 0 Å². The monoisotopic (exact) mass is 286 g/mol. The van der Waals surface area contributed by atoms with Gasteiger partial charge in [0.05, 0.1) is 10.6 Å². The summed E-state index contributed by atoms with van der Waals surface area (Å²) in [4.78, 5) is 12.1. The van der Waals surface area contributed by atoms with Crippen LogP contribution in [0.3, 0.4) is 0 Å². The Labute approximate surface area is 115 Å². The Morgan fingerprint density at radius 2 is 1.95 bits per heavy atom. The molecule has 2 rings (SSSR count). The molecule has 0 spiro atoms. The number of likely N-dealkylation sites (N-methyl/N-ethyl adjacent to an activating group) is 1. The highest BCUT2D eigenvalue weighted by Crippen LogP contribution is 2.31. The normalized spacial score (nSPS) is 17.4. The average Bonchev–Trinajstić information content (AvgIpc) is 2.41. The summed E-state index contributed by atoms with van der Waals surface area (Å²) in [6.07, 6.45) is -2.76. The molecule has 0 unspecified atom stereocenters. The number of piperazine rings is 1. The van der Waals surface area contributed by atoms with Crippen molar-refractivity contribution in [2.24, 2.45) is 0 Å². The Morgan fingerprint density at radius 3 is 2.50 bits per heavy atom. The first-order valence-corrected chi connectivity index (χ1v) is 6.24. The molecule has 0 aromatic heterocycles. The lowest BCUT2D eigenvalue weighted by Crippen LogP contribution is -2.47. The van der Waals surface area contributed by atoms with Crippen molar-refractivity contribution in [2.75, 3.05) is 38.7 Å². The minimum Gasteiger partial charge on any atom is -0.318 e. The van der Waals surface area contributed by atoms with Crippen LogP contribution in [0, 0.1) is 10.1 Å².